The summed E-state index contributed by atoms with van der Waals surface area (Å²) < 4.78 is 15.7. The lowest BCUT2D eigenvalue weighted by atomic mass is 9.49. The highest BCUT2D eigenvalue weighted by molar-refractivity contribution is 6.60. The van der Waals surface area contributed by atoms with Crippen LogP contribution in [0.1, 0.15) is 42.1 Å². The number of amides is 3. The molecule has 0 radical (unpaired) electrons. The number of aromatic nitrogens is 4. The first-order chi connectivity index (χ1) is 19.9. The van der Waals surface area contributed by atoms with Gasteiger partial charge in [0.05, 0.1) is 37.3 Å². The number of anilines is 3. The zero-order chi connectivity index (χ0) is 30.6. The average molecular weight is 576 g/mol. The number of alkyl carbamates (subject to hydrolysis) is 1. The van der Waals surface area contributed by atoms with E-state index in [2.05, 4.69) is 46.3 Å². The zero-order valence-corrected chi connectivity index (χ0v) is 24.1. The Morgan fingerprint density at radius 2 is 1.88 bits per heavy atom. The fourth-order valence-electron chi connectivity index (χ4n) is 3.92. The van der Waals surface area contributed by atoms with E-state index in [1.54, 1.807) is 18.2 Å². The number of rotatable bonds is 11. The van der Waals surface area contributed by atoms with Crippen LogP contribution in [-0.4, -0.2) is 92.5 Å². The van der Waals surface area contributed by atoms with Gasteiger partial charge < -0.3 is 40.4 Å². The lowest BCUT2D eigenvalue weighted by molar-refractivity contribution is -0.117. The molecule has 1 aromatic carbocycles. The number of ether oxygens (including phenoxy) is 2. The summed E-state index contributed by atoms with van der Waals surface area (Å²) in [6, 6.07) is 5.59. The third-order valence-electron chi connectivity index (χ3n) is 6.08. The van der Waals surface area contributed by atoms with Gasteiger partial charge in [-0.25, -0.2) is 4.79 Å². The molecule has 2 heterocycles. The molecule has 42 heavy (non-hydrogen) atoms. The zero-order valence-electron chi connectivity index (χ0n) is 24.1. The minimum absolute atomic E-state index is 0.00413. The largest absolute Gasteiger partial charge is 0.494 e. The Kier molecular flexibility index (Phi) is 9.04. The summed E-state index contributed by atoms with van der Waals surface area (Å²) in [7, 11) is 8.15. The summed E-state index contributed by atoms with van der Waals surface area (Å²) in [6.07, 6.45) is -0.208. The number of para-hydroxylation sites is 1. The van der Waals surface area contributed by atoms with Crippen molar-refractivity contribution in [2.24, 2.45) is 5.92 Å². The van der Waals surface area contributed by atoms with Crippen molar-refractivity contribution < 1.29 is 33.5 Å². The molecule has 18 heteroatoms. The van der Waals surface area contributed by atoms with Crippen LogP contribution in [0.25, 0.3) is 11.5 Å². The molecule has 2 atom stereocenters. The fraction of sp³-hybridized carbons (Fsp3) is 0.375. The third kappa shape index (κ3) is 7.37. The Labute approximate surface area is 244 Å². The Balaban J connectivity index is 1.69. The number of aliphatic hydroxyl groups excluding tert-OH is 1. The Morgan fingerprint density at radius 1 is 1.14 bits per heavy atom. The van der Waals surface area contributed by atoms with Crippen molar-refractivity contribution in [2.75, 3.05) is 24.9 Å². The van der Waals surface area contributed by atoms with Gasteiger partial charge in [0.15, 0.2) is 23.1 Å². The molecule has 1 aliphatic carbocycles. The van der Waals surface area contributed by atoms with E-state index in [9.17, 15) is 19.5 Å². The van der Waals surface area contributed by atoms with Crippen molar-refractivity contribution in [3.05, 3.63) is 35.8 Å². The smallest absolute Gasteiger partial charge is 0.407 e. The number of hydrogen-bond donors (Lipinski definition) is 5. The number of nitrogens with one attached hydrogen (secondary N) is 4. The Morgan fingerprint density at radius 3 is 2.50 bits per heavy atom. The maximum atomic E-state index is 13.1. The lowest BCUT2D eigenvalue weighted by Crippen LogP contribution is -2.50. The summed E-state index contributed by atoms with van der Waals surface area (Å²) in [6.45, 7) is 1.46. The van der Waals surface area contributed by atoms with Crippen LogP contribution in [-0.2, 0) is 9.53 Å². The van der Waals surface area contributed by atoms with Crippen molar-refractivity contribution in [1.82, 2.24) is 31.0 Å². The standard InChI is InChI=1S/C24H31B3N8O7/c1-10(36)16(30-23(39)41-3)19-31-22(42-35-19)12-5-4-6-13(18(12)40-2)28-14-9-15(29-20(37)11-7-8-11)33-34-17(14)21(38)32-24(25,26)27/h4-6,9-11,16,36H,7-8,25-27H2,1-3H3,(H,30,39)(H,32,38)(H2,28,29,33,37)/t10-,16+/m1/s1. The molecule has 0 saturated heterocycles. The summed E-state index contributed by atoms with van der Waals surface area (Å²) in [5.74, 6) is -0.174. The van der Waals surface area contributed by atoms with Gasteiger partial charge in [-0.05, 0) is 37.1 Å². The molecule has 0 unspecified atom stereocenters. The molecule has 1 saturated carbocycles. The van der Waals surface area contributed by atoms with E-state index in [1.165, 1.54) is 27.2 Å². The molecular formula is C24H31B3N8O7. The highest BCUT2D eigenvalue weighted by atomic mass is 16.5. The maximum Gasteiger partial charge on any atom is 0.407 e. The van der Waals surface area contributed by atoms with Gasteiger partial charge in [0.1, 0.15) is 29.6 Å². The molecule has 0 aliphatic heterocycles. The number of aliphatic hydroxyl groups is 1. The number of nitrogens with zero attached hydrogens (tertiary/aromatic N) is 4. The van der Waals surface area contributed by atoms with Gasteiger partial charge in [-0.3, -0.25) is 9.59 Å². The summed E-state index contributed by atoms with van der Waals surface area (Å²) in [4.78, 5) is 41.6. The molecular weight excluding hydrogens is 545 g/mol. The van der Waals surface area contributed by atoms with E-state index in [1.807, 2.05) is 23.5 Å². The molecule has 0 bridgehead atoms. The quantitative estimate of drug-likeness (QED) is 0.168. The molecule has 3 aromatic rings. The number of carbonyl (C=O) groups is 3. The molecule has 218 valence electrons. The van der Waals surface area contributed by atoms with Crippen molar-refractivity contribution >= 4 is 58.6 Å². The molecule has 4 rings (SSSR count). The molecule has 5 N–H and O–H groups in total. The van der Waals surface area contributed by atoms with Crippen molar-refractivity contribution in [2.45, 2.75) is 37.1 Å². The minimum Gasteiger partial charge on any atom is -0.494 e. The number of carbonyl (C=O) groups excluding carboxylic acids is 3. The highest BCUT2D eigenvalue weighted by Gasteiger charge is 2.31. The number of hydrogen-bond acceptors (Lipinski definition) is 12. The maximum absolute atomic E-state index is 13.1. The molecule has 1 fully saturated rings. The van der Waals surface area contributed by atoms with Gasteiger partial charge in [-0.15, -0.1) is 10.2 Å². The molecule has 3 amide bonds. The second-order valence-electron chi connectivity index (χ2n) is 10.8. The van der Waals surface area contributed by atoms with E-state index in [0.717, 1.165) is 12.8 Å². The van der Waals surface area contributed by atoms with Crippen molar-refractivity contribution in [1.29, 1.82) is 0 Å². The minimum atomic E-state index is -1.06. The topological polar surface area (TPSA) is 203 Å². The average Bonchev–Trinajstić information content (AvgIpc) is 3.67. The molecule has 15 nitrogen and oxygen atoms in total. The van der Waals surface area contributed by atoms with Crippen LogP contribution in [0.2, 0.25) is 0 Å². The fourth-order valence-corrected chi connectivity index (χ4v) is 3.92. The monoisotopic (exact) mass is 576 g/mol. The van der Waals surface area contributed by atoms with E-state index in [-0.39, 0.29) is 46.5 Å². The summed E-state index contributed by atoms with van der Waals surface area (Å²) in [5.41, 5.74) is 1.05. The van der Waals surface area contributed by atoms with Gasteiger partial charge in [0.2, 0.25) is 5.91 Å². The van der Waals surface area contributed by atoms with E-state index in [4.69, 9.17) is 9.26 Å². The van der Waals surface area contributed by atoms with Crippen LogP contribution >= 0.6 is 0 Å². The van der Waals surface area contributed by atoms with E-state index < -0.39 is 29.4 Å². The van der Waals surface area contributed by atoms with Crippen molar-refractivity contribution in [3.63, 3.8) is 0 Å². The van der Waals surface area contributed by atoms with Crippen LogP contribution in [0, 0.1) is 5.92 Å². The number of methoxy groups -OCH3 is 2. The lowest BCUT2D eigenvalue weighted by Gasteiger charge is -2.21. The van der Waals surface area contributed by atoms with Gasteiger partial charge in [0.25, 0.3) is 11.8 Å². The Hall–Kier alpha value is -4.60. The summed E-state index contributed by atoms with van der Waals surface area (Å²) >= 11 is 0. The third-order valence-corrected chi connectivity index (χ3v) is 6.08. The van der Waals surface area contributed by atoms with Crippen LogP contribution < -0.4 is 26.0 Å². The first-order valence-electron chi connectivity index (χ1n) is 13.2. The van der Waals surface area contributed by atoms with E-state index >= 15 is 0 Å². The SMILES string of the molecule is BC(B)(B)NC(=O)c1nnc(NC(=O)C2CC2)cc1Nc1cccc(-c2nc([C@@H](NC(=O)OC)[C@@H](C)O)no2)c1OC. The van der Waals surface area contributed by atoms with Crippen molar-refractivity contribution in [3.8, 4) is 17.2 Å². The first-order valence-corrected chi connectivity index (χ1v) is 13.2. The predicted octanol–water partition coefficient (Wildman–Crippen LogP) is -1.35. The van der Waals surface area contributed by atoms with Crippen LogP contribution in [0.3, 0.4) is 0 Å². The van der Waals surface area contributed by atoms with Gasteiger partial charge >= 0.3 is 6.09 Å². The molecule has 1 aliphatic rings. The predicted molar refractivity (Wildman–Crippen MR) is 159 cm³/mol. The number of benzene rings is 1. The van der Waals surface area contributed by atoms with Gasteiger partial charge in [-0.2, -0.15) is 4.98 Å². The van der Waals surface area contributed by atoms with Crippen LogP contribution in [0.5, 0.6) is 5.75 Å². The summed E-state index contributed by atoms with van der Waals surface area (Å²) in [5, 5.41) is 32.9. The van der Waals surface area contributed by atoms with E-state index in [0.29, 0.717) is 11.3 Å². The van der Waals surface area contributed by atoms with Crippen LogP contribution in [0.15, 0.2) is 28.8 Å². The molecule has 2 aromatic heterocycles. The Bertz CT molecular complexity index is 1480. The molecule has 0 spiro atoms. The second kappa shape index (κ2) is 12.5. The highest BCUT2D eigenvalue weighted by Crippen LogP contribution is 2.38. The first kappa shape index (κ1) is 30.4. The van der Waals surface area contributed by atoms with Crippen LogP contribution in [0.4, 0.5) is 22.0 Å². The van der Waals surface area contributed by atoms with Gasteiger partial charge in [0, 0.05) is 12.0 Å². The second-order valence-corrected chi connectivity index (χ2v) is 10.8. The van der Waals surface area contributed by atoms with Gasteiger partial charge in [-0.1, -0.05) is 11.2 Å². The normalized spacial score (nSPS) is 14.3.